The van der Waals surface area contributed by atoms with Crippen molar-refractivity contribution in [2.75, 3.05) is 6.61 Å². The fraction of sp³-hybridized carbons (Fsp3) is 0.263. The minimum absolute atomic E-state index is 0.126. The molecule has 0 aliphatic carbocycles. The summed E-state index contributed by atoms with van der Waals surface area (Å²) in [7, 11) is 0. The lowest BCUT2D eigenvalue weighted by Crippen LogP contribution is -2.25. The molecule has 2 aromatic rings. The zero-order valence-corrected chi connectivity index (χ0v) is 15.9. The SMILES string of the molecule is CC(C)(C)c1cc(Br)ccc1OCC(=O)N/N=C/c1ccccc1F. The van der Waals surface area contributed by atoms with Crippen molar-refractivity contribution in [1.29, 1.82) is 0 Å². The Labute approximate surface area is 155 Å². The number of rotatable bonds is 5. The van der Waals surface area contributed by atoms with Crippen LogP contribution in [0.4, 0.5) is 4.39 Å². The molecule has 0 fully saturated rings. The number of hydrogen-bond acceptors (Lipinski definition) is 3. The van der Waals surface area contributed by atoms with Crippen molar-refractivity contribution in [1.82, 2.24) is 5.43 Å². The third kappa shape index (κ3) is 5.67. The minimum Gasteiger partial charge on any atom is -0.483 e. The van der Waals surface area contributed by atoms with Crippen LogP contribution in [0.25, 0.3) is 0 Å². The van der Waals surface area contributed by atoms with E-state index in [2.05, 4.69) is 47.2 Å². The highest BCUT2D eigenvalue weighted by molar-refractivity contribution is 9.10. The zero-order valence-electron chi connectivity index (χ0n) is 14.3. The van der Waals surface area contributed by atoms with Crippen molar-refractivity contribution in [2.24, 2.45) is 5.10 Å². The van der Waals surface area contributed by atoms with Gasteiger partial charge in [0.05, 0.1) is 6.21 Å². The van der Waals surface area contributed by atoms with Gasteiger partial charge in [0.1, 0.15) is 11.6 Å². The van der Waals surface area contributed by atoms with Gasteiger partial charge in [0.15, 0.2) is 6.61 Å². The number of carbonyl (C=O) groups is 1. The van der Waals surface area contributed by atoms with Crippen LogP contribution in [-0.4, -0.2) is 18.7 Å². The first-order chi connectivity index (χ1) is 11.8. The second kappa shape index (κ2) is 8.25. The lowest BCUT2D eigenvalue weighted by molar-refractivity contribution is -0.123. The fourth-order valence-corrected chi connectivity index (χ4v) is 2.50. The molecule has 0 atom stereocenters. The van der Waals surface area contributed by atoms with Crippen molar-refractivity contribution in [3.05, 3.63) is 63.9 Å². The third-order valence-electron chi connectivity index (χ3n) is 3.41. The van der Waals surface area contributed by atoms with Crippen LogP contribution in [0.15, 0.2) is 52.0 Å². The first kappa shape index (κ1) is 19.1. The van der Waals surface area contributed by atoms with Crippen LogP contribution >= 0.6 is 15.9 Å². The van der Waals surface area contributed by atoms with Gasteiger partial charge in [0.25, 0.3) is 5.91 Å². The zero-order chi connectivity index (χ0) is 18.4. The maximum Gasteiger partial charge on any atom is 0.277 e. The number of hydrogen-bond donors (Lipinski definition) is 1. The van der Waals surface area contributed by atoms with Crippen LogP contribution in [0, 0.1) is 5.82 Å². The molecule has 0 saturated carbocycles. The van der Waals surface area contributed by atoms with E-state index in [0.717, 1.165) is 10.0 Å². The molecule has 0 aromatic heterocycles. The molecule has 2 aromatic carbocycles. The molecule has 0 aliphatic rings. The predicted octanol–water partition coefficient (Wildman–Crippen LogP) is 4.41. The predicted molar refractivity (Wildman–Crippen MR) is 100 cm³/mol. The Bertz CT molecular complexity index is 785. The van der Waals surface area contributed by atoms with Crippen LogP contribution < -0.4 is 10.2 Å². The van der Waals surface area contributed by atoms with Crippen molar-refractivity contribution in [2.45, 2.75) is 26.2 Å². The Balaban J connectivity index is 1.96. The quantitative estimate of drug-likeness (QED) is 0.590. The van der Waals surface area contributed by atoms with Crippen molar-refractivity contribution < 1.29 is 13.9 Å². The summed E-state index contributed by atoms with van der Waals surface area (Å²) in [6.07, 6.45) is 1.26. The molecule has 1 amide bonds. The van der Waals surface area contributed by atoms with E-state index in [4.69, 9.17) is 4.74 Å². The number of nitrogens with one attached hydrogen (secondary N) is 1. The van der Waals surface area contributed by atoms with E-state index in [9.17, 15) is 9.18 Å². The molecule has 25 heavy (non-hydrogen) atoms. The van der Waals surface area contributed by atoms with Crippen molar-refractivity contribution >= 4 is 28.1 Å². The Kier molecular flexibility index (Phi) is 6.31. The lowest BCUT2D eigenvalue weighted by atomic mass is 9.86. The molecule has 6 heteroatoms. The van der Waals surface area contributed by atoms with Gasteiger partial charge >= 0.3 is 0 Å². The largest absolute Gasteiger partial charge is 0.483 e. The van der Waals surface area contributed by atoms with Gasteiger partial charge in [-0.15, -0.1) is 0 Å². The fourth-order valence-electron chi connectivity index (χ4n) is 2.14. The molecule has 4 nitrogen and oxygen atoms in total. The number of halogens is 2. The molecule has 0 radical (unpaired) electrons. The van der Waals surface area contributed by atoms with Gasteiger partial charge in [-0.25, -0.2) is 9.82 Å². The molecular formula is C19H20BrFN2O2. The van der Waals surface area contributed by atoms with E-state index in [0.29, 0.717) is 11.3 Å². The summed E-state index contributed by atoms with van der Waals surface area (Å²) in [4.78, 5) is 11.9. The first-order valence-electron chi connectivity index (χ1n) is 7.76. The molecule has 132 valence electrons. The Morgan fingerprint density at radius 2 is 2.00 bits per heavy atom. The van der Waals surface area contributed by atoms with Crippen LogP contribution in [-0.2, 0) is 10.2 Å². The number of hydrazone groups is 1. The topological polar surface area (TPSA) is 50.7 Å². The summed E-state index contributed by atoms with van der Waals surface area (Å²) < 4.78 is 20.0. The van der Waals surface area contributed by atoms with Crippen LogP contribution in [0.2, 0.25) is 0 Å². The second-order valence-electron chi connectivity index (χ2n) is 6.49. The van der Waals surface area contributed by atoms with E-state index in [1.807, 2.05) is 18.2 Å². The molecule has 0 bridgehead atoms. The van der Waals surface area contributed by atoms with Gasteiger partial charge in [0.2, 0.25) is 0 Å². The summed E-state index contributed by atoms with van der Waals surface area (Å²) in [6, 6.07) is 11.8. The van der Waals surface area contributed by atoms with E-state index >= 15 is 0 Å². The Morgan fingerprint density at radius 3 is 2.68 bits per heavy atom. The minimum atomic E-state index is -0.421. The highest BCUT2D eigenvalue weighted by Gasteiger charge is 2.19. The lowest BCUT2D eigenvalue weighted by Gasteiger charge is -2.23. The van der Waals surface area contributed by atoms with Crippen molar-refractivity contribution in [3.63, 3.8) is 0 Å². The number of benzene rings is 2. The monoisotopic (exact) mass is 406 g/mol. The third-order valence-corrected chi connectivity index (χ3v) is 3.90. The smallest absolute Gasteiger partial charge is 0.277 e. The highest BCUT2D eigenvalue weighted by Crippen LogP contribution is 2.33. The van der Waals surface area contributed by atoms with Gasteiger partial charge in [-0.3, -0.25) is 4.79 Å². The molecule has 0 aliphatic heterocycles. The van der Waals surface area contributed by atoms with Crippen molar-refractivity contribution in [3.8, 4) is 5.75 Å². The molecule has 0 spiro atoms. The Hall–Kier alpha value is -2.21. The summed E-state index contributed by atoms with van der Waals surface area (Å²) in [6.45, 7) is 6.03. The van der Waals surface area contributed by atoms with E-state index in [1.54, 1.807) is 18.2 Å². The van der Waals surface area contributed by atoms with Crippen LogP contribution in [0.5, 0.6) is 5.75 Å². The second-order valence-corrected chi connectivity index (χ2v) is 7.41. The molecular weight excluding hydrogens is 387 g/mol. The van der Waals surface area contributed by atoms with Gasteiger partial charge in [-0.05, 0) is 29.7 Å². The van der Waals surface area contributed by atoms with Gasteiger partial charge in [0, 0.05) is 15.6 Å². The number of carbonyl (C=O) groups excluding carboxylic acids is 1. The normalized spacial score (nSPS) is 11.6. The van der Waals surface area contributed by atoms with Crippen LogP contribution in [0.3, 0.4) is 0 Å². The van der Waals surface area contributed by atoms with Gasteiger partial charge < -0.3 is 4.74 Å². The molecule has 2 rings (SSSR count). The average Bonchev–Trinajstić information content (AvgIpc) is 2.54. The van der Waals surface area contributed by atoms with Gasteiger partial charge in [-0.2, -0.15) is 5.10 Å². The Morgan fingerprint density at radius 1 is 1.28 bits per heavy atom. The maximum absolute atomic E-state index is 13.4. The number of nitrogens with zero attached hydrogens (tertiary/aromatic N) is 1. The van der Waals surface area contributed by atoms with Crippen LogP contribution in [0.1, 0.15) is 31.9 Å². The molecule has 1 N–H and O–H groups in total. The standard InChI is InChI=1S/C19H20BrFN2O2/c1-19(2,3)15-10-14(20)8-9-17(15)25-12-18(24)23-22-11-13-6-4-5-7-16(13)21/h4-11H,12H2,1-3H3,(H,23,24)/b22-11+. The molecule has 0 saturated heterocycles. The molecule has 0 heterocycles. The first-order valence-corrected chi connectivity index (χ1v) is 8.56. The number of amides is 1. The molecule has 0 unspecified atom stereocenters. The summed E-state index contributed by atoms with van der Waals surface area (Å²) in [5.74, 6) is -0.180. The maximum atomic E-state index is 13.4. The highest BCUT2D eigenvalue weighted by atomic mass is 79.9. The number of ether oxygens (including phenoxy) is 1. The van der Waals surface area contributed by atoms with E-state index in [1.165, 1.54) is 12.3 Å². The summed E-state index contributed by atoms with van der Waals surface area (Å²) in [5.41, 5.74) is 3.49. The summed E-state index contributed by atoms with van der Waals surface area (Å²) in [5, 5.41) is 3.75. The van der Waals surface area contributed by atoms with E-state index in [-0.39, 0.29) is 12.0 Å². The van der Waals surface area contributed by atoms with E-state index < -0.39 is 11.7 Å². The average molecular weight is 407 g/mol. The van der Waals surface area contributed by atoms with Gasteiger partial charge in [-0.1, -0.05) is 54.9 Å². The summed E-state index contributed by atoms with van der Waals surface area (Å²) >= 11 is 3.45.